The van der Waals surface area contributed by atoms with Crippen molar-refractivity contribution in [3.05, 3.63) is 47.4 Å². The van der Waals surface area contributed by atoms with E-state index in [9.17, 15) is 22.0 Å². The molecule has 0 spiro atoms. The number of hydrogen-bond acceptors (Lipinski definition) is 5. The van der Waals surface area contributed by atoms with E-state index in [2.05, 4.69) is 15.0 Å². The van der Waals surface area contributed by atoms with Crippen LogP contribution in [0.1, 0.15) is 37.3 Å². The van der Waals surface area contributed by atoms with Crippen LogP contribution in [0.3, 0.4) is 0 Å². The van der Waals surface area contributed by atoms with E-state index < -0.39 is 47.1 Å². The molecular weight excluding hydrogens is 437 g/mol. The summed E-state index contributed by atoms with van der Waals surface area (Å²) in [7, 11) is 2.54. The predicted octanol–water partition coefficient (Wildman–Crippen LogP) is 5.07. The number of hydrogen-bond donors (Lipinski definition) is 1. The number of nitrogens with one attached hydrogen (secondary N) is 1. The second-order valence-electron chi connectivity index (χ2n) is 7.81. The van der Waals surface area contributed by atoms with Gasteiger partial charge in [0.15, 0.2) is 17.2 Å². The lowest BCUT2D eigenvalue weighted by Crippen LogP contribution is -2.46. The molecule has 4 rings (SSSR count). The van der Waals surface area contributed by atoms with Gasteiger partial charge in [-0.05, 0) is 13.0 Å². The molecule has 0 aliphatic carbocycles. The lowest BCUT2D eigenvalue weighted by atomic mass is 9.77. The van der Waals surface area contributed by atoms with Crippen molar-refractivity contribution in [3.63, 3.8) is 0 Å². The summed E-state index contributed by atoms with van der Waals surface area (Å²) < 4.78 is 86.1. The summed E-state index contributed by atoms with van der Waals surface area (Å²) in [6, 6.07) is 3.58. The number of fused-ring (bicyclic) bond motifs is 1. The van der Waals surface area contributed by atoms with Gasteiger partial charge in [0, 0.05) is 23.5 Å². The number of aromatic nitrogens is 3. The monoisotopic (exact) mass is 457 g/mol. The molecule has 0 amide bonds. The van der Waals surface area contributed by atoms with Gasteiger partial charge in [0.05, 0.1) is 31.4 Å². The number of aromatic amines is 1. The highest BCUT2D eigenvalue weighted by Crippen LogP contribution is 2.59. The van der Waals surface area contributed by atoms with Crippen molar-refractivity contribution in [2.45, 2.75) is 37.6 Å². The number of methoxy groups -OCH3 is 2. The Labute approximate surface area is 179 Å². The molecule has 2 aromatic heterocycles. The normalized spacial score (nSPS) is 26.0. The molecular formula is C21H20F5N3O3. The van der Waals surface area contributed by atoms with Crippen LogP contribution in [0, 0.1) is 17.6 Å². The summed E-state index contributed by atoms with van der Waals surface area (Å²) >= 11 is 0. The maximum Gasteiger partial charge on any atom is 0.417 e. The van der Waals surface area contributed by atoms with Crippen molar-refractivity contribution < 1.29 is 36.2 Å². The zero-order chi connectivity index (χ0) is 23.4. The van der Waals surface area contributed by atoms with Crippen LogP contribution in [0.5, 0.6) is 11.6 Å². The third-order valence-corrected chi connectivity index (χ3v) is 6.15. The average Bonchev–Trinajstić information content (AvgIpc) is 3.28. The number of nitrogens with zero attached hydrogens (tertiary/aromatic N) is 2. The Hall–Kier alpha value is -2.95. The topological polar surface area (TPSA) is 69.3 Å². The minimum atomic E-state index is -4.73. The summed E-state index contributed by atoms with van der Waals surface area (Å²) in [5, 5.41) is 0. The first-order valence-electron chi connectivity index (χ1n) is 9.68. The molecule has 1 fully saturated rings. The summed E-state index contributed by atoms with van der Waals surface area (Å²) in [6.45, 7) is 2.29. The number of benzene rings is 1. The molecule has 0 radical (unpaired) electrons. The number of ether oxygens (including phenoxy) is 3. The van der Waals surface area contributed by atoms with Gasteiger partial charge in [-0.15, -0.1) is 0 Å². The van der Waals surface area contributed by atoms with Crippen molar-refractivity contribution >= 4 is 11.0 Å². The average molecular weight is 457 g/mol. The lowest BCUT2D eigenvalue weighted by Gasteiger charge is -2.32. The smallest absolute Gasteiger partial charge is 0.417 e. The zero-order valence-electron chi connectivity index (χ0n) is 17.6. The molecule has 0 bridgehead atoms. The van der Waals surface area contributed by atoms with Crippen LogP contribution in [0.15, 0.2) is 24.4 Å². The van der Waals surface area contributed by atoms with Crippen LogP contribution >= 0.6 is 0 Å². The highest BCUT2D eigenvalue weighted by molar-refractivity contribution is 5.75. The molecule has 6 nitrogen and oxygen atoms in total. The van der Waals surface area contributed by atoms with E-state index in [1.165, 1.54) is 32.4 Å². The molecule has 4 atom stereocenters. The summed E-state index contributed by atoms with van der Waals surface area (Å²) in [6.07, 6.45) is -4.56. The third-order valence-electron chi connectivity index (χ3n) is 6.15. The Morgan fingerprint density at radius 2 is 1.88 bits per heavy atom. The van der Waals surface area contributed by atoms with E-state index in [0.29, 0.717) is 11.0 Å². The molecule has 172 valence electrons. The van der Waals surface area contributed by atoms with Crippen LogP contribution in [0.4, 0.5) is 22.0 Å². The SMILES string of the molecule is COc1cc2nc([C@@H]3O[C@@](C)(C(F)(F)F)[C@@H](C)[C@H]3c3ccc(F)c(F)c3OC)[nH]c2cn1. The van der Waals surface area contributed by atoms with Gasteiger partial charge in [-0.1, -0.05) is 13.0 Å². The Kier molecular flexibility index (Phi) is 5.27. The van der Waals surface area contributed by atoms with Crippen LogP contribution in [0.2, 0.25) is 0 Å². The Balaban J connectivity index is 1.90. The summed E-state index contributed by atoms with van der Waals surface area (Å²) in [5.41, 5.74) is -1.67. The van der Waals surface area contributed by atoms with Gasteiger partial charge in [-0.2, -0.15) is 17.6 Å². The molecule has 1 aliphatic heterocycles. The fourth-order valence-corrected chi connectivity index (χ4v) is 4.21. The van der Waals surface area contributed by atoms with Crippen molar-refractivity contribution in [2.24, 2.45) is 5.92 Å². The number of imidazole rings is 1. The standard InChI is InChI=1S/C21H20F5N3O3/c1-9-15(10-5-6-11(22)16(23)17(10)31-4)18(32-20(9,2)21(24,25)26)19-28-12-7-14(30-3)27-8-13(12)29-19/h5-9,15,18H,1-4H3,(H,28,29)/t9-,15-,18+,20+/m0/s1. The molecule has 11 heteroatoms. The molecule has 1 N–H and O–H groups in total. The molecule has 3 heterocycles. The van der Waals surface area contributed by atoms with E-state index >= 15 is 0 Å². The number of rotatable bonds is 4. The van der Waals surface area contributed by atoms with Gasteiger partial charge < -0.3 is 19.2 Å². The first-order valence-corrected chi connectivity index (χ1v) is 9.68. The molecule has 3 aromatic rings. The van der Waals surface area contributed by atoms with Crippen molar-refractivity contribution in [3.8, 4) is 11.6 Å². The van der Waals surface area contributed by atoms with Crippen molar-refractivity contribution in [2.75, 3.05) is 14.2 Å². The van der Waals surface area contributed by atoms with Crippen LogP contribution in [-0.2, 0) is 4.74 Å². The molecule has 1 saturated heterocycles. The van der Waals surface area contributed by atoms with E-state index in [4.69, 9.17) is 14.2 Å². The second-order valence-corrected chi connectivity index (χ2v) is 7.81. The van der Waals surface area contributed by atoms with Gasteiger partial charge in [-0.3, -0.25) is 0 Å². The van der Waals surface area contributed by atoms with Gasteiger partial charge >= 0.3 is 6.18 Å². The van der Waals surface area contributed by atoms with E-state index in [1.54, 1.807) is 0 Å². The van der Waals surface area contributed by atoms with E-state index in [0.717, 1.165) is 20.1 Å². The van der Waals surface area contributed by atoms with Crippen molar-refractivity contribution in [1.82, 2.24) is 15.0 Å². The highest BCUT2D eigenvalue weighted by atomic mass is 19.4. The number of alkyl halides is 3. The number of halogens is 5. The largest absolute Gasteiger partial charge is 0.493 e. The Morgan fingerprint density at radius 1 is 1.16 bits per heavy atom. The molecule has 0 unspecified atom stereocenters. The van der Waals surface area contributed by atoms with Gasteiger partial charge in [0.25, 0.3) is 0 Å². The van der Waals surface area contributed by atoms with Crippen LogP contribution in [-0.4, -0.2) is 40.9 Å². The summed E-state index contributed by atoms with van der Waals surface area (Å²) in [4.78, 5) is 11.4. The maximum atomic E-state index is 14.4. The minimum Gasteiger partial charge on any atom is -0.493 e. The Bertz CT molecular complexity index is 1170. The van der Waals surface area contributed by atoms with Crippen LogP contribution < -0.4 is 9.47 Å². The lowest BCUT2D eigenvalue weighted by molar-refractivity contribution is -0.275. The fraction of sp³-hybridized carbons (Fsp3) is 0.429. The quantitative estimate of drug-likeness (QED) is 0.555. The van der Waals surface area contributed by atoms with Crippen molar-refractivity contribution in [1.29, 1.82) is 0 Å². The first-order chi connectivity index (χ1) is 15.0. The fourth-order valence-electron chi connectivity index (χ4n) is 4.21. The van der Waals surface area contributed by atoms with E-state index in [-0.39, 0.29) is 17.3 Å². The van der Waals surface area contributed by atoms with Gasteiger partial charge in [0.1, 0.15) is 11.9 Å². The first kappa shape index (κ1) is 22.3. The van der Waals surface area contributed by atoms with Gasteiger partial charge in [0.2, 0.25) is 11.7 Å². The number of H-pyrrole nitrogens is 1. The molecule has 0 saturated carbocycles. The number of pyridine rings is 1. The molecule has 32 heavy (non-hydrogen) atoms. The molecule has 1 aromatic carbocycles. The highest BCUT2D eigenvalue weighted by Gasteiger charge is 2.65. The van der Waals surface area contributed by atoms with Gasteiger partial charge in [-0.25, -0.2) is 14.4 Å². The maximum absolute atomic E-state index is 14.4. The third kappa shape index (κ3) is 3.26. The second kappa shape index (κ2) is 7.58. The zero-order valence-corrected chi connectivity index (χ0v) is 17.6. The minimum absolute atomic E-state index is 0.0491. The van der Waals surface area contributed by atoms with Crippen LogP contribution in [0.25, 0.3) is 11.0 Å². The molecule has 1 aliphatic rings. The summed E-state index contributed by atoms with van der Waals surface area (Å²) in [5.74, 6) is -4.80. The Morgan fingerprint density at radius 3 is 2.50 bits per heavy atom. The predicted molar refractivity (Wildman–Crippen MR) is 104 cm³/mol. The van der Waals surface area contributed by atoms with E-state index in [1.807, 2.05) is 0 Å².